The summed E-state index contributed by atoms with van der Waals surface area (Å²) >= 11 is 0. The maximum absolute atomic E-state index is 5.84. The van der Waals surface area contributed by atoms with E-state index in [4.69, 9.17) is 18.9 Å². The van der Waals surface area contributed by atoms with Crippen LogP contribution in [0.2, 0.25) is 0 Å². The molecule has 0 bridgehead atoms. The minimum Gasteiger partial charge on any atom is -0.493 e. The molecule has 1 saturated heterocycles. The van der Waals surface area contributed by atoms with Crippen LogP contribution >= 0.6 is 0 Å². The lowest BCUT2D eigenvalue weighted by atomic mass is 10.1. The maximum atomic E-state index is 5.84. The molecule has 0 spiro atoms. The molecule has 4 nitrogen and oxygen atoms in total. The van der Waals surface area contributed by atoms with Crippen LogP contribution in [0.5, 0.6) is 11.5 Å². The van der Waals surface area contributed by atoms with Crippen molar-refractivity contribution >= 4 is 0 Å². The smallest absolute Gasteiger partial charge is 0.184 e. The lowest BCUT2D eigenvalue weighted by molar-refractivity contribution is -0.233. The summed E-state index contributed by atoms with van der Waals surface area (Å²) in [6.07, 6.45) is -0.132. The average Bonchev–Trinajstić information content (AvgIpc) is 2.41. The fourth-order valence-electron chi connectivity index (χ4n) is 1.92. The second-order valence-corrected chi connectivity index (χ2v) is 4.60. The predicted octanol–water partition coefficient (Wildman–Crippen LogP) is 2.77. The molecule has 0 N–H and O–H groups in total. The number of methoxy groups -OCH3 is 2. The first-order valence-corrected chi connectivity index (χ1v) is 6.14. The summed E-state index contributed by atoms with van der Waals surface area (Å²) in [6.45, 7) is 4.90. The van der Waals surface area contributed by atoms with Crippen molar-refractivity contribution in [2.24, 2.45) is 5.92 Å². The van der Waals surface area contributed by atoms with Crippen molar-refractivity contribution in [1.29, 1.82) is 0 Å². The van der Waals surface area contributed by atoms with E-state index in [9.17, 15) is 0 Å². The van der Waals surface area contributed by atoms with Gasteiger partial charge in [-0.1, -0.05) is 13.0 Å². The van der Waals surface area contributed by atoms with Crippen molar-refractivity contribution in [3.05, 3.63) is 23.8 Å². The van der Waals surface area contributed by atoms with Gasteiger partial charge in [0.15, 0.2) is 17.8 Å². The van der Waals surface area contributed by atoms with E-state index in [1.54, 1.807) is 14.2 Å². The molecular formula is C14H20O4. The largest absolute Gasteiger partial charge is 0.493 e. The molecule has 100 valence electrons. The number of hydrogen-bond acceptors (Lipinski definition) is 4. The summed E-state index contributed by atoms with van der Waals surface area (Å²) in [5, 5.41) is 0. The van der Waals surface area contributed by atoms with Gasteiger partial charge < -0.3 is 18.9 Å². The SMILES string of the molecule is COc1ccc([C@H]2OC[C@H](C)[C@@H](C)O2)cc1OC. The molecule has 0 aromatic heterocycles. The van der Waals surface area contributed by atoms with E-state index in [0.717, 1.165) is 5.56 Å². The predicted molar refractivity (Wildman–Crippen MR) is 68.0 cm³/mol. The van der Waals surface area contributed by atoms with Crippen LogP contribution in [0.15, 0.2) is 18.2 Å². The summed E-state index contributed by atoms with van der Waals surface area (Å²) in [5.74, 6) is 1.81. The third-order valence-electron chi connectivity index (χ3n) is 3.33. The van der Waals surface area contributed by atoms with Gasteiger partial charge in [0.1, 0.15) is 0 Å². The van der Waals surface area contributed by atoms with Crippen LogP contribution in [-0.4, -0.2) is 26.9 Å². The highest BCUT2D eigenvalue weighted by Gasteiger charge is 2.27. The van der Waals surface area contributed by atoms with E-state index in [0.29, 0.717) is 24.0 Å². The van der Waals surface area contributed by atoms with Crippen molar-refractivity contribution < 1.29 is 18.9 Å². The summed E-state index contributed by atoms with van der Waals surface area (Å²) < 4.78 is 22.0. The molecule has 3 atom stereocenters. The molecule has 1 fully saturated rings. The molecule has 18 heavy (non-hydrogen) atoms. The first-order valence-electron chi connectivity index (χ1n) is 6.14. The monoisotopic (exact) mass is 252 g/mol. The van der Waals surface area contributed by atoms with E-state index in [1.165, 1.54) is 0 Å². The third-order valence-corrected chi connectivity index (χ3v) is 3.33. The fourth-order valence-corrected chi connectivity index (χ4v) is 1.92. The fraction of sp³-hybridized carbons (Fsp3) is 0.571. The quantitative estimate of drug-likeness (QED) is 0.829. The van der Waals surface area contributed by atoms with Crippen molar-refractivity contribution in [1.82, 2.24) is 0 Å². The lowest BCUT2D eigenvalue weighted by Gasteiger charge is -2.33. The lowest BCUT2D eigenvalue weighted by Crippen LogP contribution is -2.32. The Morgan fingerprint density at radius 3 is 2.44 bits per heavy atom. The molecule has 0 unspecified atom stereocenters. The van der Waals surface area contributed by atoms with E-state index < -0.39 is 0 Å². The van der Waals surface area contributed by atoms with Crippen molar-refractivity contribution in [3.8, 4) is 11.5 Å². The summed E-state index contributed by atoms with van der Waals surface area (Å²) in [5.41, 5.74) is 0.950. The van der Waals surface area contributed by atoms with Crippen LogP contribution < -0.4 is 9.47 Å². The molecule has 1 heterocycles. The Morgan fingerprint density at radius 1 is 1.11 bits per heavy atom. The minimum absolute atomic E-state index is 0.192. The number of rotatable bonds is 3. The normalized spacial score (nSPS) is 27.9. The van der Waals surface area contributed by atoms with Crippen LogP contribution in [0.4, 0.5) is 0 Å². The topological polar surface area (TPSA) is 36.9 Å². The number of hydrogen-bond donors (Lipinski definition) is 0. The van der Waals surface area contributed by atoms with Gasteiger partial charge in [0.2, 0.25) is 0 Å². The Morgan fingerprint density at radius 2 is 1.83 bits per heavy atom. The Bertz CT molecular complexity index is 405. The van der Waals surface area contributed by atoms with E-state index in [2.05, 4.69) is 13.8 Å². The summed E-state index contributed by atoms with van der Waals surface area (Å²) in [6, 6.07) is 5.70. The molecular weight excluding hydrogens is 232 g/mol. The van der Waals surface area contributed by atoms with Crippen LogP contribution in [0.3, 0.4) is 0 Å². The summed E-state index contributed by atoms with van der Waals surface area (Å²) in [7, 11) is 3.24. The minimum atomic E-state index is -0.323. The molecule has 1 aliphatic rings. The van der Waals surface area contributed by atoms with Crippen LogP contribution in [0, 0.1) is 5.92 Å². The molecule has 1 aromatic rings. The Balaban J connectivity index is 2.18. The zero-order chi connectivity index (χ0) is 13.1. The third kappa shape index (κ3) is 2.60. The second kappa shape index (κ2) is 5.59. The number of benzene rings is 1. The standard InChI is InChI=1S/C14H20O4/c1-9-8-17-14(18-10(9)2)11-5-6-12(15-3)13(7-11)16-4/h5-7,9-10,14H,8H2,1-4H3/t9-,10+,14-/m0/s1. The molecule has 0 aliphatic carbocycles. The zero-order valence-electron chi connectivity index (χ0n) is 11.3. The highest BCUT2D eigenvalue weighted by Crippen LogP contribution is 2.34. The van der Waals surface area contributed by atoms with Crippen molar-refractivity contribution in [3.63, 3.8) is 0 Å². The van der Waals surface area contributed by atoms with Gasteiger partial charge >= 0.3 is 0 Å². The zero-order valence-corrected chi connectivity index (χ0v) is 11.3. The maximum Gasteiger partial charge on any atom is 0.184 e. The van der Waals surface area contributed by atoms with E-state index in [-0.39, 0.29) is 12.4 Å². The molecule has 0 amide bonds. The van der Waals surface area contributed by atoms with Crippen LogP contribution in [-0.2, 0) is 9.47 Å². The molecule has 0 radical (unpaired) electrons. The van der Waals surface area contributed by atoms with Gasteiger partial charge in [-0.25, -0.2) is 0 Å². The van der Waals surface area contributed by atoms with Crippen molar-refractivity contribution in [2.45, 2.75) is 26.2 Å². The molecule has 0 saturated carbocycles. The highest BCUT2D eigenvalue weighted by atomic mass is 16.7. The van der Waals surface area contributed by atoms with Gasteiger partial charge in [-0.3, -0.25) is 0 Å². The highest BCUT2D eigenvalue weighted by molar-refractivity contribution is 5.43. The Kier molecular flexibility index (Phi) is 4.09. The van der Waals surface area contributed by atoms with E-state index >= 15 is 0 Å². The van der Waals surface area contributed by atoms with Gasteiger partial charge in [-0.2, -0.15) is 0 Å². The second-order valence-electron chi connectivity index (χ2n) is 4.60. The average molecular weight is 252 g/mol. The first kappa shape index (κ1) is 13.2. The van der Waals surface area contributed by atoms with Gasteiger partial charge in [0, 0.05) is 11.5 Å². The summed E-state index contributed by atoms with van der Waals surface area (Å²) in [4.78, 5) is 0. The molecule has 1 aliphatic heterocycles. The molecule has 1 aromatic carbocycles. The van der Waals surface area contributed by atoms with Crippen LogP contribution in [0.1, 0.15) is 25.7 Å². The van der Waals surface area contributed by atoms with Crippen molar-refractivity contribution in [2.75, 3.05) is 20.8 Å². The Labute approximate surface area is 108 Å². The number of ether oxygens (including phenoxy) is 4. The van der Waals surface area contributed by atoms with Gasteiger partial charge in [0.25, 0.3) is 0 Å². The molecule has 2 rings (SSSR count). The van der Waals surface area contributed by atoms with Gasteiger partial charge in [-0.15, -0.1) is 0 Å². The van der Waals surface area contributed by atoms with Gasteiger partial charge in [-0.05, 0) is 19.1 Å². The van der Waals surface area contributed by atoms with Gasteiger partial charge in [0.05, 0.1) is 26.9 Å². The van der Waals surface area contributed by atoms with E-state index in [1.807, 2.05) is 18.2 Å². The van der Waals surface area contributed by atoms with Crippen LogP contribution in [0.25, 0.3) is 0 Å². The Hall–Kier alpha value is -1.26. The molecule has 4 heteroatoms. The first-order chi connectivity index (χ1) is 8.65.